The number of hydrogen-bond acceptors (Lipinski definition) is 5. The SMILES string of the molecule is CCCCCCCCCCCCCC/C=C\CCCCCCCCCCCCCC(=O)NC(COP(=O)(O)OCC[N+](C)(C)C)C(O)/C=C/CCCCCCCCCCCCCCCCC. The van der Waals surface area contributed by atoms with Crippen molar-refractivity contribution in [3.8, 4) is 0 Å². The Kier molecular flexibility index (Phi) is 48.2. The van der Waals surface area contributed by atoms with Crippen molar-refractivity contribution in [2.24, 2.45) is 0 Å². The second-order valence-corrected chi connectivity index (χ2v) is 22.5. The molecule has 8 nitrogen and oxygen atoms in total. The van der Waals surface area contributed by atoms with Crippen LogP contribution in [0.1, 0.15) is 284 Å². The summed E-state index contributed by atoms with van der Waals surface area (Å²) in [7, 11) is 1.58. The highest BCUT2D eigenvalue weighted by Crippen LogP contribution is 2.43. The summed E-state index contributed by atoms with van der Waals surface area (Å²) in [5, 5.41) is 13.9. The van der Waals surface area contributed by atoms with Gasteiger partial charge in [0.25, 0.3) is 0 Å². The number of carbonyl (C=O) groups is 1. The molecule has 0 heterocycles. The lowest BCUT2D eigenvalue weighted by atomic mass is 10.0. The van der Waals surface area contributed by atoms with Gasteiger partial charge in [0.2, 0.25) is 5.91 Å². The number of unbranched alkanes of at least 4 members (excludes halogenated alkanes) is 38. The fourth-order valence-corrected chi connectivity index (χ4v) is 9.36. The van der Waals surface area contributed by atoms with Gasteiger partial charge >= 0.3 is 7.82 Å². The Morgan fingerprint density at radius 2 is 0.818 bits per heavy atom. The van der Waals surface area contributed by atoms with E-state index in [1.165, 1.54) is 225 Å². The summed E-state index contributed by atoms with van der Waals surface area (Å²) in [4.78, 5) is 23.3. The molecule has 0 rings (SSSR count). The fourth-order valence-electron chi connectivity index (χ4n) is 8.63. The van der Waals surface area contributed by atoms with E-state index in [0.29, 0.717) is 17.4 Å². The molecule has 0 saturated carbocycles. The molecular formula is C57H114N2O6P+. The maximum Gasteiger partial charge on any atom is 0.472 e. The molecule has 0 aromatic heterocycles. The Balaban J connectivity index is 4.15. The van der Waals surface area contributed by atoms with Crippen LogP contribution in [0.5, 0.6) is 0 Å². The summed E-state index contributed by atoms with van der Waals surface area (Å²) < 4.78 is 23.7. The second-order valence-electron chi connectivity index (χ2n) is 21.0. The molecule has 0 bridgehead atoms. The van der Waals surface area contributed by atoms with Crippen LogP contribution in [-0.2, 0) is 18.4 Å². The van der Waals surface area contributed by atoms with E-state index in [2.05, 4.69) is 31.3 Å². The molecule has 0 aromatic rings. The molecular weight excluding hydrogens is 840 g/mol. The van der Waals surface area contributed by atoms with Crippen LogP contribution in [0, 0.1) is 0 Å². The molecule has 0 fully saturated rings. The van der Waals surface area contributed by atoms with Crippen molar-refractivity contribution in [3.05, 3.63) is 24.3 Å². The predicted octanol–water partition coefficient (Wildman–Crippen LogP) is 17.2. The third-order valence-electron chi connectivity index (χ3n) is 13.2. The largest absolute Gasteiger partial charge is 0.472 e. The number of amides is 1. The molecule has 392 valence electrons. The quantitative estimate of drug-likeness (QED) is 0.0243. The number of allylic oxidation sites excluding steroid dienone is 3. The Labute approximate surface area is 411 Å². The third kappa shape index (κ3) is 50.8. The van der Waals surface area contributed by atoms with Gasteiger partial charge in [-0.2, -0.15) is 0 Å². The van der Waals surface area contributed by atoms with Crippen LogP contribution in [0.4, 0.5) is 0 Å². The number of aliphatic hydroxyl groups is 1. The highest BCUT2D eigenvalue weighted by molar-refractivity contribution is 7.47. The first-order valence-electron chi connectivity index (χ1n) is 28.7. The standard InChI is InChI=1S/C57H113N2O6P/c1-6-8-10-12-14-16-18-20-22-24-25-26-27-28-29-30-31-32-33-35-37-39-41-43-45-47-49-51-57(61)58-55(54-65-66(62,63)64-53-52-59(3,4)5)56(60)50-48-46-44-42-40-38-36-34-23-21-19-17-15-13-11-9-7-2/h28-29,48,50,55-56,60H,6-27,30-47,49,51-54H2,1-5H3,(H-,58,61,62,63)/p+1/b29-28-,50-48+. The van der Waals surface area contributed by atoms with Crippen LogP contribution >= 0.6 is 7.82 Å². The second kappa shape index (κ2) is 49.0. The van der Waals surface area contributed by atoms with Crippen molar-refractivity contribution in [3.63, 3.8) is 0 Å². The van der Waals surface area contributed by atoms with Gasteiger partial charge in [-0.1, -0.05) is 256 Å². The van der Waals surface area contributed by atoms with Crippen molar-refractivity contribution in [1.82, 2.24) is 5.32 Å². The monoisotopic (exact) mass is 954 g/mol. The first-order chi connectivity index (χ1) is 32.0. The molecule has 9 heteroatoms. The molecule has 0 radical (unpaired) electrons. The minimum absolute atomic E-state index is 0.0631. The lowest BCUT2D eigenvalue weighted by Crippen LogP contribution is -2.45. The van der Waals surface area contributed by atoms with Crippen molar-refractivity contribution in [2.45, 2.75) is 296 Å². The van der Waals surface area contributed by atoms with E-state index in [-0.39, 0.29) is 19.1 Å². The Bertz CT molecular complexity index is 1130. The number of rotatable bonds is 53. The predicted molar refractivity (Wildman–Crippen MR) is 286 cm³/mol. The highest BCUT2D eigenvalue weighted by atomic mass is 31.2. The van der Waals surface area contributed by atoms with E-state index in [1.54, 1.807) is 6.08 Å². The Hall–Kier alpha value is -1.02. The zero-order valence-corrected chi connectivity index (χ0v) is 45.6. The fraction of sp³-hybridized carbons (Fsp3) is 0.912. The Morgan fingerprint density at radius 3 is 1.17 bits per heavy atom. The average Bonchev–Trinajstić information content (AvgIpc) is 3.28. The van der Waals surface area contributed by atoms with Crippen molar-refractivity contribution in [2.75, 3.05) is 40.9 Å². The van der Waals surface area contributed by atoms with Crippen molar-refractivity contribution < 1.29 is 32.9 Å². The maximum absolute atomic E-state index is 13.0. The van der Waals surface area contributed by atoms with Gasteiger partial charge in [-0.25, -0.2) is 4.57 Å². The molecule has 0 aliphatic carbocycles. The molecule has 0 aliphatic rings. The number of phosphoric acid groups is 1. The third-order valence-corrected chi connectivity index (χ3v) is 14.1. The smallest absolute Gasteiger partial charge is 0.387 e. The molecule has 1 amide bonds. The lowest BCUT2D eigenvalue weighted by molar-refractivity contribution is -0.870. The average molecular weight is 955 g/mol. The molecule has 66 heavy (non-hydrogen) atoms. The van der Waals surface area contributed by atoms with Gasteiger partial charge in [0.15, 0.2) is 0 Å². The number of likely N-dealkylation sites (N-methyl/N-ethyl adjacent to an activating group) is 1. The van der Waals surface area contributed by atoms with Crippen LogP contribution in [0.3, 0.4) is 0 Å². The van der Waals surface area contributed by atoms with Gasteiger partial charge in [0.05, 0.1) is 39.9 Å². The van der Waals surface area contributed by atoms with Gasteiger partial charge < -0.3 is 19.8 Å². The topological polar surface area (TPSA) is 105 Å². The summed E-state index contributed by atoms with van der Waals surface area (Å²) >= 11 is 0. The zero-order valence-electron chi connectivity index (χ0n) is 44.7. The van der Waals surface area contributed by atoms with E-state index >= 15 is 0 Å². The van der Waals surface area contributed by atoms with Crippen LogP contribution in [0.2, 0.25) is 0 Å². The first kappa shape index (κ1) is 65.0. The van der Waals surface area contributed by atoms with Gasteiger partial charge in [0, 0.05) is 6.42 Å². The van der Waals surface area contributed by atoms with Gasteiger partial charge in [-0.15, -0.1) is 0 Å². The molecule has 3 N–H and O–H groups in total. The van der Waals surface area contributed by atoms with E-state index in [0.717, 1.165) is 38.5 Å². The molecule has 3 unspecified atom stereocenters. The van der Waals surface area contributed by atoms with Crippen molar-refractivity contribution in [1.29, 1.82) is 0 Å². The van der Waals surface area contributed by atoms with Gasteiger partial charge in [-0.3, -0.25) is 13.8 Å². The van der Waals surface area contributed by atoms with Crippen LogP contribution < -0.4 is 5.32 Å². The summed E-state index contributed by atoms with van der Waals surface area (Å²) in [6.07, 6.45) is 61.3. The number of hydrogen-bond donors (Lipinski definition) is 3. The summed E-state index contributed by atoms with van der Waals surface area (Å²) in [5.41, 5.74) is 0. The lowest BCUT2D eigenvalue weighted by Gasteiger charge is -2.25. The van der Waals surface area contributed by atoms with E-state index in [9.17, 15) is 19.4 Å². The number of aliphatic hydroxyl groups excluding tert-OH is 1. The minimum atomic E-state index is -4.34. The molecule has 0 saturated heterocycles. The van der Waals surface area contributed by atoms with Crippen molar-refractivity contribution >= 4 is 13.7 Å². The summed E-state index contributed by atoms with van der Waals surface area (Å²) in [6, 6.07) is -0.845. The van der Waals surface area contributed by atoms with Gasteiger partial charge in [-0.05, 0) is 44.9 Å². The highest BCUT2D eigenvalue weighted by Gasteiger charge is 2.27. The van der Waals surface area contributed by atoms with E-state index < -0.39 is 20.0 Å². The number of nitrogens with one attached hydrogen (secondary N) is 1. The van der Waals surface area contributed by atoms with Crippen LogP contribution in [0.25, 0.3) is 0 Å². The van der Waals surface area contributed by atoms with Gasteiger partial charge in [0.1, 0.15) is 13.2 Å². The first-order valence-corrected chi connectivity index (χ1v) is 30.2. The van der Waals surface area contributed by atoms with Crippen LogP contribution in [-0.4, -0.2) is 73.4 Å². The molecule has 3 atom stereocenters. The number of phosphoric ester groups is 1. The number of nitrogens with zero attached hydrogens (tertiary/aromatic N) is 1. The maximum atomic E-state index is 13.0. The van der Waals surface area contributed by atoms with Crippen LogP contribution in [0.15, 0.2) is 24.3 Å². The number of quaternary nitrogens is 1. The molecule has 0 aliphatic heterocycles. The van der Waals surface area contributed by atoms with E-state index in [4.69, 9.17) is 9.05 Å². The zero-order chi connectivity index (χ0) is 48.5. The Morgan fingerprint density at radius 1 is 0.500 bits per heavy atom. The van der Waals surface area contributed by atoms with E-state index in [1.807, 2.05) is 27.2 Å². The number of carbonyl (C=O) groups excluding carboxylic acids is 1. The minimum Gasteiger partial charge on any atom is -0.387 e. The summed E-state index contributed by atoms with van der Waals surface area (Å²) in [6.45, 7) is 4.85. The normalized spacial score (nSPS) is 14.1. The summed E-state index contributed by atoms with van der Waals surface area (Å²) in [5.74, 6) is -0.174. The molecule has 0 spiro atoms. The molecule has 0 aromatic carbocycles.